The maximum atomic E-state index is 13.5. The van der Waals surface area contributed by atoms with Crippen molar-refractivity contribution >= 4 is 40.4 Å². The summed E-state index contributed by atoms with van der Waals surface area (Å²) in [6.07, 6.45) is 3.60. The van der Waals surface area contributed by atoms with E-state index in [0.717, 1.165) is 43.9 Å². The molecule has 0 unspecified atom stereocenters. The average Bonchev–Trinajstić information content (AvgIpc) is 3.44. The number of aromatic nitrogens is 2. The van der Waals surface area contributed by atoms with E-state index in [-0.39, 0.29) is 11.7 Å². The summed E-state index contributed by atoms with van der Waals surface area (Å²) in [4.78, 5) is 27.6. The summed E-state index contributed by atoms with van der Waals surface area (Å²) >= 11 is 1.79. The molecule has 0 aliphatic carbocycles. The van der Waals surface area contributed by atoms with Crippen LogP contribution in [0.25, 0.3) is 0 Å². The van der Waals surface area contributed by atoms with Crippen molar-refractivity contribution in [1.29, 1.82) is 0 Å². The van der Waals surface area contributed by atoms with E-state index < -0.39 is 0 Å². The molecule has 2 aromatic carbocycles. The third-order valence-electron chi connectivity index (χ3n) is 6.83. The monoisotopic (exact) mass is 530 g/mol. The van der Waals surface area contributed by atoms with Crippen LogP contribution in [-0.4, -0.2) is 51.9 Å². The quantitative estimate of drug-likeness (QED) is 0.282. The summed E-state index contributed by atoms with van der Waals surface area (Å²) in [5.41, 5.74) is 2.76. The van der Waals surface area contributed by atoms with Gasteiger partial charge in [-0.3, -0.25) is 9.69 Å². The van der Waals surface area contributed by atoms with E-state index in [4.69, 9.17) is 0 Å². The zero-order valence-corrected chi connectivity index (χ0v) is 22.3. The molecule has 1 fully saturated rings. The predicted octanol–water partition coefficient (Wildman–Crippen LogP) is 6.21. The number of thiophene rings is 1. The van der Waals surface area contributed by atoms with Crippen LogP contribution in [0.5, 0.6) is 0 Å². The molecule has 1 saturated heterocycles. The minimum Gasteiger partial charge on any atom is -0.340 e. The van der Waals surface area contributed by atoms with Crippen LogP contribution in [0.3, 0.4) is 0 Å². The van der Waals surface area contributed by atoms with Crippen molar-refractivity contribution in [2.45, 2.75) is 32.4 Å². The number of likely N-dealkylation sites (tertiary alicyclic amines) is 1. The Balaban J connectivity index is 1.15. The Hall–Kier alpha value is -3.82. The number of carbonyl (C=O) groups is 1. The zero-order valence-electron chi connectivity index (χ0n) is 21.5. The molecule has 4 aromatic rings. The van der Waals surface area contributed by atoms with Crippen molar-refractivity contribution < 1.29 is 9.18 Å². The average molecular weight is 531 g/mol. The third-order valence-corrected chi connectivity index (χ3v) is 7.70. The number of nitrogens with one attached hydrogen (secondary N) is 2. The Labute approximate surface area is 226 Å². The van der Waals surface area contributed by atoms with Crippen LogP contribution in [0.1, 0.15) is 33.6 Å². The van der Waals surface area contributed by atoms with Crippen molar-refractivity contribution in [3.05, 3.63) is 94.1 Å². The highest BCUT2D eigenvalue weighted by atomic mass is 32.1. The van der Waals surface area contributed by atoms with Gasteiger partial charge in [0.15, 0.2) is 0 Å². The summed E-state index contributed by atoms with van der Waals surface area (Å²) in [6, 6.07) is 18.7. The van der Waals surface area contributed by atoms with E-state index in [1.807, 2.05) is 29.2 Å². The molecule has 0 atom stereocenters. The molecule has 1 aliphatic rings. The van der Waals surface area contributed by atoms with Gasteiger partial charge in [0.25, 0.3) is 5.91 Å². The lowest BCUT2D eigenvalue weighted by atomic mass is 10.0. The molecule has 0 saturated carbocycles. The van der Waals surface area contributed by atoms with Crippen LogP contribution in [0.15, 0.2) is 72.2 Å². The molecule has 0 spiro atoms. The maximum absolute atomic E-state index is 13.5. The molecule has 7 nitrogen and oxygen atoms in total. The lowest BCUT2D eigenvalue weighted by Crippen LogP contribution is -2.45. The molecule has 2 aromatic heterocycles. The predicted molar refractivity (Wildman–Crippen MR) is 151 cm³/mol. The normalized spacial score (nSPS) is 14.1. The van der Waals surface area contributed by atoms with Gasteiger partial charge in [-0.25, -0.2) is 9.37 Å². The van der Waals surface area contributed by atoms with Gasteiger partial charge in [-0.05, 0) is 92.4 Å². The molecule has 38 heavy (non-hydrogen) atoms. The van der Waals surface area contributed by atoms with Crippen molar-refractivity contribution in [3.8, 4) is 0 Å². The number of amides is 1. The first kappa shape index (κ1) is 25.8. The number of rotatable bonds is 8. The van der Waals surface area contributed by atoms with Crippen molar-refractivity contribution in [1.82, 2.24) is 19.8 Å². The maximum Gasteiger partial charge on any atom is 0.253 e. The Bertz CT molecular complexity index is 1370. The summed E-state index contributed by atoms with van der Waals surface area (Å²) in [5.74, 6) is 0.823. The standard InChI is InChI=1S/C29H31FN6OS/c1-20-18-23(9-10-26(20)30)32-27-11-14-31-29(34-27)33-22-7-5-21(6-8-22)28(37)36-15-12-24(13-16-36)35(2)19-25-4-3-17-38-25/h3-11,14,17-18,24H,12-13,15-16,19H2,1-2H3,(H2,31,32,33,34). The van der Waals surface area contributed by atoms with Gasteiger partial charge in [-0.2, -0.15) is 4.98 Å². The SMILES string of the molecule is Cc1cc(Nc2ccnc(Nc3ccc(C(=O)N4CCC(N(C)Cc5cccs5)CC4)cc3)n2)ccc1F. The molecule has 0 radical (unpaired) electrons. The lowest BCUT2D eigenvalue weighted by molar-refractivity contribution is 0.0640. The van der Waals surface area contributed by atoms with Crippen LogP contribution < -0.4 is 10.6 Å². The smallest absolute Gasteiger partial charge is 0.253 e. The first-order valence-electron chi connectivity index (χ1n) is 12.7. The second-order valence-electron chi connectivity index (χ2n) is 9.57. The van der Waals surface area contributed by atoms with Crippen LogP contribution in [0.4, 0.5) is 27.5 Å². The lowest BCUT2D eigenvalue weighted by Gasteiger charge is -2.36. The fourth-order valence-electron chi connectivity index (χ4n) is 4.65. The number of piperidine rings is 1. The zero-order chi connectivity index (χ0) is 26.5. The first-order chi connectivity index (χ1) is 18.4. The molecule has 1 aliphatic heterocycles. The number of carbonyl (C=O) groups excluding carboxylic acids is 1. The molecule has 1 amide bonds. The summed E-state index contributed by atoms with van der Waals surface area (Å²) < 4.78 is 13.5. The molecule has 0 bridgehead atoms. The highest BCUT2D eigenvalue weighted by molar-refractivity contribution is 7.09. The fourth-order valence-corrected chi connectivity index (χ4v) is 5.42. The number of anilines is 4. The van der Waals surface area contributed by atoms with E-state index in [2.05, 4.69) is 50.1 Å². The van der Waals surface area contributed by atoms with Gasteiger partial charge >= 0.3 is 0 Å². The number of benzene rings is 2. The second kappa shape index (κ2) is 11.7. The van der Waals surface area contributed by atoms with E-state index in [9.17, 15) is 9.18 Å². The van der Waals surface area contributed by atoms with E-state index in [1.54, 1.807) is 42.7 Å². The number of hydrogen-bond acceptors (Lipinski definition) is 7. The fraction of sp³-hybridized carbons (Fsp3) is 0.276. The van der Waals surface area contributed by atoms with Gasteiger partial charge < -0.3 is 15.5 Å². The van der Waals surface area contributed by atoms with Crippen LogP contribution in [0, 0.1) is 12.7 Å². The Kier molecular flexibility index (Phi) is 7.95. The Morgan fingerprint density at radius 2 is 1.84 bits per heavy atom. The van der Waals surface area contributed by atoms with Gasteiger partial charge in [-0.15, -0.1) is 11.3 Å². The number of halogens is 1. The second-order valence-corrected chi connectivity index (χ2v) is 10.6. The van der Waals surface area contributed by atoms with Crippen molar-refractivity contribution in [3.63, 3.8) is 0 Å². The molecule has 3 heterocycles. The van der Waals surface area contributed by atoms with E-state index in [0.29, 0.717) is 28.9 Å². The molecule has 196 valence electrons. The number of nitrogens with zero attached hydrogens (tertiary/aromatic N) is 4. The van der Waals surface area contributed by atoms with Gasteiger partial charge in [0.1, 0.15) is 11.6 Å². The van der Waals surface area contributed by atoms with Crippen LogP contribution >= 0.6 is 11.3 Å². The highest BCUT2D eigenvalue weighted by Gasteiger charge is 2.26. The molecule has 9 heteroatoms. The largest absolute Gasteiger partial charge is 0.340 e. The minimum absolute atomic E-state index is 0.0629. The minimum atomic E-state index is -0.246. The number of hydrogen-bond donors (Lipinski definition) is 2. The van der Waals surface area contributed by atoms with Gasteiger partial charge in [-0.1, -0.05) is 6.07 Å². The van der Waals surface area contributed by atoms with E-state index in [1.165, 1.54) is 10.9 Å². The van der Waals surface area contributed by atoms with Gasteiger partial charge in [0.05, 0.1) is 0 Å². The summed E-state index contributed by atoms with van der Waals surface area (Å²) in [7, 11) is 2.17. The van der Waals surface area contributed by atoms with E-state index >= 15 is 0 Å². The molecular weight excluding hydrogens is 499 g/mol. The van der Waals surface area contributed by atoms with Crippen LogP contribution in [0.2, 0.25) is 0 Å². The van der Waals surface area contributed by atoms with Crippen molar-refractivity contribution in [2.75, 3.05) is 30.8 Å². The van der Waals surface area contributed by atoms with Gasteiger partial charge in [0, 0.05) is 53.7 Å². The molecular formula is C29H31FN6OS. The Morgan fingerprint density at radius 3 is 2.55 bits per heavy atom. The topological polar surface area (TPSA) is 73.4 Å². The van der Waals surface area contributed by atoms with Crippen molar-refractivity contribution in [2.24, 2.45) is 0 Å². The van der Waals surface area contributed by atoms with Gasteiger partial charge in [0.2, 0.25) is 5.95 Å². The number of aryl methyl sites for hydroxylation is 1. The summed E-state index contributed by atoms with van der Waals surface area (Å²) in [6.45, 7) is 4.20. The third kappa shape index (κ3) is 6.35. The Morgan fingerprint density at radius 1 is 1.08 bits per heavy atom. The summed E-state index contributed by atoms with van der Waals surface area (Å²) in [5, 5.41) is 8.46. The highest BCUT2D eigenvalue weighted by Crippen LogP contribution is 2.23. The van der Waals surface area contributed by atoms with Crippen LogP contribution in [-0.2, 0) is 6.54 Å². The molecule has 2 N–H and O–H groups in total. The molecule has 5 rings (SSSR count). The first-order valence-corrected chi connectivity index (χ1v) is 13.6.